The number of anilines is 2. The van der Waals surface area contributed by atoms with Crippen LogP contribution in [0.2, 0.25) is 0 Å². The quantitative estimate of drug-likeness (QED) is 0.323. The van der Waals surface area contributed by atoms with E-state index in [1.807, 2.05) is 44.4 Å². The van der Waals surface area contributed by atoms with Gasteiger partial charge in [0.25, 0.3) is 0 Å². The van der Waals surface area contributed by atoms with E-state index in [-0.39, 0.29) is 17.9 Å². The molecular weight excluding hydrogens is 489 g/mol. The lowest BCUT2D eigenvalue weighted by Crippen LogP contribution is -2.50. The van der Waals surface area contributed by atoms with Crippen LogP contribution < -0.4 is 20.4 Å². The van der Waals surface area contributed by atoms with Gasteiger partial charge in [-0.2, -0.15) is 0 Å². The van der Waals surface area contributed by atoms with E-state index in [2.05, 4.69) is 73.9 Å². The molecule has 0 aliphatic carbocycles. The summed E-state index contributed by atoms with van der Waals surface area (Å²) in [6.07, 6.45) is 0. The van der Waals surface area contributed by atoms with Crippen LogP contribution in [-0.2, 0) is 6.54 Å². The number of urea groups is 1. The van der Waals surface area contributed by atoms with Crippen LogP contribution in [0.5, 0.6) is 0 Å². The molecule has 1 unspecified atom stereocenters. The molecule has 1 aliphatic heterocycles. The molecule has 0 aromatic heterocycles. The molecule has 5 rings (SSSR count). The summed E-state index contributed by atoms with van der Waals surface area (Å²) in [4.78, 5) is 19.7. The zero-order chi connectivity index (χ0) is 27.2. The number of rotatable bonds is 8. The molecule has 1 aliphatic rings. The van der Waals surface area contributed by atoms with Crippen molar-refractivity contribution < 1.29 is 9.18 Å². The van der Waals surface area contributed by atoms with Gasteiger partial charge in [0.1, 0.15) is 5.82 Å². The van der Waals surface area contributed by atoms with Crippen molar-refractivity contribution in [3.63, 3.8) is 0 Å². The molecule has 0 bridgehead atoms. The van der Waals surface area contributed by atoms with E-state index in [0.29, 0.717) is 13.1 Å². The molecule has 4 aromatic carbocycles. The molecule has 0 saturated carbocycles. The molecule has 202 valence electrons. The summed E-state index contributed by atoms with van der Waals surface area (Å²) in [5.41, 5.74) is 4.44. The van der Waals surface area contributed by atoms with Gasteiger partial charge >= 0.3 is 6.03 Å². The minimum atomic E-state index is -0.219. The maximum absolute atomic E-state index is 13.4. The number of nitrogens with one attached hydrogen (secondary N) is 2. The van der Waals surface area contributed by atoms with Crippen molar-refractivity contribution in [3.05, 3.63) is 108 Å². The second-order valence-electron chi connectivity index (χ2n) is 10.2. The third-order valence-electron chi connectivity index (χ3n) is 7.52. The summed E-state index contributed by atoms with van der Waals surface area (Å²) in [5, 5.41) is 8.49. The lowest BCUT2D eigenvalue weighted by Gasteiger charge is -2.40. The molecule has 4 aromatic rings. The molecule has 2 amide bonds. The fourth-order valence-corrected chi connectivity index (χ4v) is 5.27. The van der Waals surface area contributed by atoms with Gasteiger partial charge < -0.3 is 20.4 Å². The molecule has 0 radical (unpaired) electrons. The number of piperazine rings is 1. The van der Waals surface area contributed by atoms with Crippen molar-refractivity contribution in [2.75, 3.05) is 56.6 Å². The largest absolute Gasteiger partial charge is 0.378 e. The van der Waals surface area contributed by atoms with Crippen molar-refractivity contribution >= 4 is 28.2 Å². The molecule has 1 fully saturated rings. The third-order valence-corrected chi connectivity index (χ3v) is 7.52. The first-order valence-electron chi connectivity index (χ1n) is 13.5. The summed E-state index contributed by atoms with van der Waals surface area (Å²) in [5.74, 6) is -0.219. The predicted octanol–water partition coefficient (Wildman–Crippen LogP) is 5.41. The molecule has 1 atom stereocenters. The van der Waals surface area contributed by atoms with Crippen LogP contribution in [0.15, 0.2) is 91.0 Å². The van der Waals surface area contributed by atoms with Gasteiger partial charge in [-0.1, -0.05) is 54.6 Å². The molecule has 0 spiro atoms. The summed E-state index contributed by atoms with van der Waals surface area (Å²) in [7, 11) is 4.06. The van der Waals surface area contributed by atoms with Crippen molar-refractivity contribution in [2.45, 2.75) is 12.6 Å². The van der Waals surface area contributed by atoms with Gasteiger partial charge in [0.05, 0.1) is 6.04 Å². The highest BCUT2D eigenvalue weighted by molar-refractivity contribution is 5.86. The van der Waals surface area contributed by atoms with E-state index in [1.54, 1.807) is 0 Å². The highest BCUT2D eigenvalue weighted by atomic mass is 19.1. The van der Waals surface area contributed by atoms with Gasteiger partial charge in [0.2, 0.25) is 0 Å². The van der Waals surface area contributed by atoms with Crippen LogP contribution in [0.4, 0.5) is 20.6 Å². The van der Waals surface area contributed by atoms with Gasteiger partial charge in [-0.05, 0) is 58.3 Å². The topological polar surface area (TPSA) is 50.9 Å². The van der Waals surface area contributed by atoms with Crippen molar-refractivity contribution in [1.29, 1.82) is 0 Å². The first-order valence-corrected chi connectivity index (χ1v) is 13.5. The first-order chi connectivity index (χ1) is 19.0. The van der Waals surface area contributed by atoms with E-state index in [0.717, 1.165) is 48.5 Å². The molecule has 2 N–H and O–H groups in total. The molecular formula is C32H36FN5O. The predicted molar refractivity (Wildman–Crippen MR) is 158 cm³/mol. The maximum atomic E-state index is 13.4. The van der Waals surface area contributed by atoms with Crippen LogP contribution in [0.3, 0.4) is 0 Å². The second kappa shape index (κ2) is 12.2. The van der Waals surface area contributed by atoms with E-state index >= 15 is 0 Å². The standard InChI is InChI=1S/C32H36FN5O/c1-36(2)28-14-10-25(11-15-28)31(38-20-18-37(19-21-38)29-16-12-27(33)13-17-29)23-35-32(39)34-22-26-8-5-7-24-6-3-4-9-30(24)26/h3-17,31H,18-23H2,1-2H3,(H2,34,35,39). The Morgan fingerprint density at radius 1 is 0.846 bits per heavy atom. The summed E-state index contributed by atoms with van der Waals surface area (Å²) >= 11 is 0. The Kier molecular flexibility index (Phi) is 8.27. The SMILES string of the molecule is CN(C)c1ccc(C(CNC(=O)NCc2cccc3ccccc23)N2CCN(c3ccc(F)cc3)CC2)cc1. The van der Waals surface area contributed by atoms with Crippen molar-refractivity contribution in [2.24, 2.45) is 0 Å². The van der Waals surface area contributed by atoms with Crippen LogP contribution in [-0.4, -0.2) is 57.8 Å². The minimum Gasteiger partial charge on any atom is -0.378 e. The van der Waals surface area contributed by atoms with E-state index in [1.165, 1.54) is 23.1 Å². The lowest BCUT2D eigenvalue weighted by molar-refractivity contribution is 0.180. The molecule has 39 heavy (non-hydrogen) atoms. The first kappa shape index (κ1) is 26.5. The van der Waals surface area contributed by atoms with Crippen LogP contribution in [0, 0.1) is 5.82 Å². The molecule has 7 heteroatoms. The van der Waals surface area contributed by atoms with E-state index in [4.69, 9.17) is 0 Å². The Balaban J connectivity index is 1.24. The Labute approximate surface area is 230 Å². The summed E-state index contributed by atoms with van der Waals surface area (Å²) in [6.45, 7) is 4.33. The average Bonchev–Trinajstić information content (AvgIpc) is 2.97. The van der Waals surface area contributed by atoms with Crippen molar-refractivity contribution in [1.82, 2.24) is 15.5 Å². The number of halogens is 1. The smallest absolute Gasteiger partial charge is 0.315 e. The number of carbonyl (C=O) groups excluding carboxylic acids is 1. The Bertz CT molecular complexity index is 1380. The summed E-state index contributed by atoms with van der Waals surface area (Å²) < 4.78 is 13.4. The van der Waals surface area contributed by atoms with Crippen LogP contribution in [0.1, 0.15) is 17.2 Å². The molecule has 6 nitrogen and oxygen atoms in total. The molecule has 1 heterocycles. The zero-order valence-corrected chi connectivity index (χ0v) is 22.6. The highest BCUT2D eigenvalue weighted by Crippen LogP contribution is 2.26. The van der Waals surface area contributed by atoms with Crippen LogP contribution >= 0.6 is 0 Å². The number of benzene rings is 4. The third kappa shape index (κ3) is 6.49. The number of nitrogens with zero attached hydrogens (tertiary/aromatic N) is 3. The summed E-state index contributed by atoms with van der Waals surface area (Å²) in [6, 6.07) is 29.5. The normalized spacial score (nSPS) is 14.7. The van der Waals surface area contributed by atoms with Gasteiger partial charge in [-0.3, -0.25) is 4.90 Å². The second-order valence-corrected chi connectivity index (χ2v) is 10.2. The Morgan fingerprint density at radius 2 is 1.54 bits per heavy atom. The Morgan fingerprint density at radius 3 is 2.26 bits per heavy atom. The van der Waals surface area contributed by atoms with E-state index in [9.17, 15) is 9.18 Å². The Hall–Kier alpha value is -4.10. The fraction of sp³-hybridized carbons (Fsp3) is 0.281. The number of fused-ring (bicyclic) bond motifs is 1. The number of hydrogen-bond donors (Lipinski definition) is 2. The van der Waals surface area contributed by atoms with Crippen molar-refractivity contribution in [3.8, 4) is 0 Å². The minimum absolute atomic E-state index is 0.0416. The average molecular weight is 526 g/mol. The molecule has 1 saturated heterocycles. The lowest BCUT2D eigenvalue weighted by atomic mass is 10.0. The fourth-order valence-electron chi connectivity index (χ4n) is 5.27. The number of amides is 2. The zero-order valence-electron chi connectivity index (χ0n) is 22.6. The van der Waals surface area contributed by atoms with Gasteiger partial charge in [-0.25, -0.2) is 9.18 Å². The highest BCUT2D eigenvalue weighted by Gasteiger charge is 2.26. The van der Waals surface area contributed by atoms with Gasteiger partial charge in [0.15, 0.2) is 0 Å². The van der Waals surface area contributed by atoms with Gasteiger partial charge in [0, 0.05) is 64.7 Å². The number of carbonyl (C=O) groups is 1. The monoisotopic (exact) mass is 525 g/mol. The van der Waals surface area contributed by atoms with E-state index < -0.39 is 0 Å². The number of hydrogen-bond acceptors (Lipinski definition) is 4. The van der Waals surface area contributed by atoms with Crippen LogP contribution in [0.25, 0.3) is 10.8 Å². The van der Waals surface area contributed by atoms with Gasteiger partial charge in [-0.15, -0.1) is 0 Å². The maximum Gasteiger partial charge on any atom is 0.315 e.